The fourth-order valence-corrected chi connectivity index (χ4v) is 3.24. The van der Waals surface area contributed by atoms with Gasteiger partial charge >= 0.3 is 5.97 Å². The molecule has 2 unspecified atom stereocenters. The van der Waals surface area contributed by atoms with Crippen LogP contribution < -0.4 is 5.32 Å². The van der Waals surface area contributed by atoms with E-state index in [9.17, 15) is 14.7 Å². The third kappa shape index (κ3) is 6.86. The standard InChI is InChI=1S/C20H29NO4/c1-15(25-18-11-7-2-3-8-12-18)19(22)21-14-17(20(23)24)13-16-9-5-4-6-10-16/h4-6,9-10,15,17-18H,2-3,7-8,11-14H2,1H3,(H,21,22)(H,23,24). The van der Waals surface area contributed by atoms with Crippen molar-refractivity contribution in [3.05, 3.63) is 35.9 Å². The van der Waals surface area contributed by atoms with Crippen LogP contribution in [0.25, 0.3) is 0 Å². The molecule has 2 N–H and O–H groups in total. The largest absolute Gasteiger partial charge is 0.481 e. The molecule has 1 aromatic rings. The molecule has 1 aliphatic rings. The molecule has 0 saturated heterocycles. The van der Waals surface area contributed by atoms with Gasteiger partial charge in [0, 0.05) is 6.54 Å². The number of benzene rings is 1. The second-order valence-corrected chi connectivity index (χ2v) is 6.86. The van der Waals surface area contributed by atoms with Gasteiger partial charge in [0.05, 0.1) is 12.0 Å². The van der Waals surface area contributed by atoms with Gasteiger partial charge in [-0.1, -0.05) is 56.0 Å². The Bertz CT molecular complexity index is 538. The Kier molecular flexibility index (Phi) is 7.92. The highest BCUT2D eigenvalue weighted by Gasteiger charge is 2.23. The zero-order valence-corrected chi connectivity index (χ0v) is 14.9. The van der Waals surface area contributed by atoms with Crippen molar-refractivity contribution in [3.8, 4) is 0 Å². The lowest BCUT2D eigenvalue weighted by Crippen LogP contribution is -2.41. The molecular formula is C20H29NO4. The van der Waals surface area contributed by atoms with E-state index in [1.165, 1.54) is 12.8 Å². The first-order chi connectivity index (χ1) is 12.1. The predicted molar refractivity (Wildman–Crippen MR) is 96.3 cm³/mol. The van der Waals surface area contributed by atoms with Gasteiger partial charge in [0.25, 0.3) is 0 Å². The summed E-state index contributed by atoms with van der Waals surface area (Å²) in [6, 6.07) is 9.46. The predicted octanol–water partition coefficient (Wildman–Crippen LogP) is 3.17. The quantitative estimate of drug-likeness (QED) is 0.708. The fraction of sp³-hybridized carbons (Fsp3) is 0.600. The van der Waals surface area contributed by atoms with Gasteiger partial charge < -0.3 is 15.2 Å². The third-order valence-corrected chi connectivity index (χ3v) is 4.76. The van der Waals surface area contributed by atoms with Gasteiger partial charge in [-0.15, -0.1) is 0 Å². The van der Waals surface area contributed by atoms with E-state index in [0.29, 0.717) is 6.42 Å². The molecule has 0 aromatic heterocycles. The van der Waals surface area contributed by atoms with Gasteiger partial charge in [-0.05, 0) is 31.7 Å². The zero-order chi connectivity index (χ0) is 18.1. The lowest BCUT2D eigenvalue weighted by atomic mass is 9.99. The number of hydrogen-bond donors (Lipinski definition) is 2. The van der Waals surface area contributed by atoms with E-state index in [1.807, 2.05) is 30.3 Å². The van der Waals surface area contributed by atoms with Crippen LogP contribution in [0.3, 0.4) is 0 Å². The van der Waals surface area contributed by atoms with E-state index in [2.05, 4.69) is 5.32 Å². The smallest absolute Gasteiger partial charge is 0.308 e. The minimum absolute atomic E-state index is 0.113. The summed E-state index contributed by atoms with van der Waals surface area (Å²) in [6.45, 7) is 1.86. The van der Waals surface area contributed by atoms with Crippen molar-refractivity contribution in [2.45, 2.75) is 64.1 Å². The molecule has 0 aliphatic heterocycles. The SMILES string of the molecule is CC(OC1CCCCCC1)C(=O)NCC(Cc1ccccc1)C(=O)O. The molecule has 5 heteroatoms. The second-order valence-electron chi connectivity index (χ2n) is 6.86. The number of carboxylic acid groups (broad SMARTS) is 1. The summed E-state index contributed by atoms with van der Waals surface area (Å²) in [6.07, 6.45) is 6.77. The van der Waals surface area contributed by atoms with E-state index in [-0.39, 0.29) is 18.6 Å². The van der Waals surface area contributed by atoms with E-state index in [1.54, 1.807) is 6.92 Å². The average Bonchev–Trinajstić information content (AvgIpc) is 2.87. The van der Waals surface area contributed by atoms with Crippen LogP contribution in [0, 0.1) is 5.92 Å². The van der Waals surface area contributed by atoms with E-state index in [0.717, 1.165) is 31.2 Å². The van der Waals surface area contributed by atoms with Gasteiger partial charge in [0.1, 0.15) is 6.10 Å². The Morgan fingerprint density at radius 3 is 2.40 bits per heavy atom. The fourth-order valence-electron chi connectivity index (χ4n) is 3.24. The van der Waals surface area contributed by atoms with Crippen molar-refractivity contribution in [2.24, 2.45) is 5.92 Å². The number of carboxylic acids is 1. The van der Waals surface area contributed by atoms with Crippen molar-refractivity contribution >= 4 is 11.9 Å². The molecule has 1 saturated carbocycles. The highest BCUT2D eigenvalue weighted by molar-refractivity contribution is 5.81. The van der Waals surface area contributed by atoms with Crippen LogP contribution >= 0.6 is 0 Å². The summed E-state index contributed by atoms with van der Waals surface area (Å²) in [7, 11) is 0. The third-order valence-electron chi connectivity index (χ3n) is 4.76. The molecule has 0 heterocycles. The molecule has 1 aromatic carbocycles. The van der Waals surface area contributed by atoms with Gasteiger partial charge in [0.15, 0.2) is 0 Å². The Balaban J connectivity index is 1.80. The van der Waals surface area contributed by atoms with Gasteiger partial charge in [0.2, 0.25) is 5.91 Å². The Morgan fingerprint density at radius 2 is 1.80 bits per heavy atom. The van der Waals surface area contributed by atoms with Gasteiger partial charge in [-0.2, -0.15) is 0 Å². The van der Waals surface area contributed by atoms with E-state index in [4.69, 9.17) is 4.74 Å². The molecule has 1 aliphatic carbocycles. The van der Waals surface area contributed by atoms with Crippen LogP contribution in [0.4, 0.5) is 0 Å². The molecule has 138 valence electrons. The molecule has 5 nitrogen and oxygen atoms in total. The van der Waals surface area contributed by atoms with Crippen molar-refractivity contribution in [3.63, 3.8) is 0 Å². The van der Waals surface area contributed by atoms with Crippen molar-refractivity contribution in [1.29, 1.82) is 0 Å². The van der Waals surface area contributed by atoms with Crippen LogP contribution in [0.2, 0.25) is 0 Å². The van der Waals surface area contributed by atoms with Crippen LogP contribution in [0.15, 0.2) is 30.3 Å². The number of carbonyl (C=O) groups excluding carboxylic acids is 1. The first kappa shape index (κ1) is 19.4. The zero-order valence-electron chi connectivity index (χ0n) is 14.9. The summed E-state index contributed by atoms with van der Waals surface area (Å²) < 4.78 is 5.88. The number of nitrogens with one attached hydrogen (secondary N) is 1. The first-order valence-corrected chi connectivity index (χ1v) is 9.26. The topological polar surface area (TPSA) is 75.6 Å². The number of carbonyl (C=O) groups is 2. The highest BCUT2D eigenvalue weighted by atomic mass is 16.5. The van der Waals surface area contributed by atoms with Crippen molar-refractivity contribution in [1.82, 2.24) is 5.32 Å². The van der Waals surface area contributed by atoms with Crippen molar-refractivity contribution < 1.29 is 19.4 Å². The summed E-state index contributed by atoms with van der Waals surface area (Å²) in [5, 5.41) is 12.1. The van der Waals surface area contributed by atoms with Crippen LogP contribution in [0.5, 0.6) is 0 Å². The summed E-state index contributed by atoms with van der Waals surface area (Å²) in [5.74, 6) is -1.78. The van der Waals surface area contributed by atoms with Crippen molar-refractivity contribution in [2.75, 3.05) is 6.54 Å². The molecule has 1 amide bonds. The van der Waals surface area contributed by atoms with Crippen LogP contribution in [-0.2, 0) is 20.7 Å². The maximum Gasteiger partial charge on any atom is 0.308 e. The normalized spacial score (nSPS) is 18.1. The lowest BCUT2D eigenvalue weighted by molar-refractivity contribution is -0.142. The number of aliphatic carboxylic acids is 1. The maximum absolute atomic E-state index is 12.3. The van der Waals surface area contributed by atoms with Crippen LogP contribution in [-0.4, -0.2) is 35.7 Å². The Morgan fingerprint density at radius 1 is 1.16 bits per heavy atom. The summed E-state index contributed by atoms with van der Waals surface area (Å²) in [5.41, 5.74) is 0.951. The molecule has 25 heavy (non-hydrogen) atoms. The number of hydrogen-bond acceptors (Lipinski definition) is 3. The summed E-state index contributed by atoms with van der Waals surface area (Å²) >= 11 is 0. The maximum atomic E-state index is 12.3. The molecular weight excluding hydrogens is 318 g/mol. The molecule has 2 atom stereocenters. The van der Waals surface area contributed by atoms with E-state index < -0.39 is 18.0 Å². The highest BCUT2D eigenvalue weighted by Crippen LogP contribution is 2.21. The van der Waals surface area contributed by atoms with E-state index >= 15 is 0 Å². The Labute approximate surface area is 149 Å². The van der Waals surface area contributed by atoms with Gasteiger partial charge in [-0.25, -0.2) is 0 Å². The molecule has 1 fully saturated rings. The van der Waals surface area contributed by atoms with Gasteiger partial charge in [-0.3, -0.25) is 9.59 Å². The average molecular weight is 347 g/mol. The lowest BCUT2D eigenvalue weighted by Gasteiger charge is -2.21. The number of rotatable bonds is 8. The minimum Gasteiger partial charge on any atom is -0.481 e. The minimum atomic E-state index is -0.901. The number of amides is 1. The monoisotopic (exact) mass is 347 g/mol. The number of ether oxygens (including phenoxy) is 1. The molecule has 0 radical (unpaired) electrons. The second kappa shape index (κ2) is 10.2. The Hall–Kier alpha value is -1.88. The molecule has 0 spiro atoms. The molecule has 0 bridgehead atoms. The summed E-state index contributed by atoms with van der Waals surface area (Å²) in [4.78, 5) is 23.7. The molecule has 2 rings (SSSR count). The first-order valence-electron chi connectivity index (χ1n) is 9.26. The van der Waals surface area contributed by atoms with Crippen LogP contribution in [0.1, 0.15) is 51.0 Å².